The van der Waals surface area contributed by atoms with Crippen LogP contribution in [0.1, 0.15) is 47.5 Å². The lowest BCUT2D eigenvalue weighted by Crippen LogP contribution is -2.61. The molecule has 3 heteroatoms. The van der Waals surface area contributed by atoms with Crippen LogP contribution in [0.4, 0.5) is 0 Å². The maximum Gasteiger partial charge on any atom is 0.235 e. The summed E-state index contributed by atoms with van der Waals surface area (Å²) in [6.45, 7) is 11.1. The van der Waals surface area contributed by atoms with E-state index in [0.29, 0.717) is 12.5 Å². The van der Waals surface area contributed by atoms with E-state index in [1.807, 2.05) is 0 Å². The highest BCUT2D eigenvalue weighted by Crippen LogP contribution is 2.86. The molecule has 0 aromatic rings. The molecule has 3 atom stereocenters. The zero-order valence-electron chi connectivity index (χ0n) is 12.0. The molecule has 1 spiro atoms. The van der Waals surface area contributed by atoms with Crippen LogP contribution in [0.25, 0.3) is 0 Å². The van der Waals surface area contributed by atoms with E-state index in [1.165, 1.54) is 0 Å². The number of rotatable bonds is 2. The van der Waals surface area contributed by atoms with E-state index < -0.39 is 0 Å². The predicted octanol–water partition coefficient (Wildman–Crippen LogP) is 2.45. The third-order valence-electron chi connectivity index (χ3n) is 6.06. The Morgan fingerprint density at radius 3 is 2.28 bits per heavy atom. The zero-order valence-corrected chi connectivity index (χ0v) is 12.0. The molecule has 3 rings (SSSR count). The highest BCUT2D eigenvalue weighted by molar-refractivity contribution is 6.07. The molecule has 18 heavy (non-hydrogen) atoms. The Bertz CT molecular complexity index is 453. The molecular formula is C15H23NO2. The standard InChI is InChI=1S/C15H23NO2/c1-9(2)8-16-11(17)10-13(3,4)15(10)7-6-14(15,5)12(16)18/h9-10H,6-8H2,1-5H3. The minimum absolute atomic E-state index is 0.0123. The van der Waals surface area contributed by atoms with Crippen molar-refractivity contribution in [2.45, 2.75) is 47.5 Å². The van der Waals surface area contributed by atoms with E-state index in [2.05, 4.69) is 34.6 Å². The summed E-state index contributed by atoms with van der Waals surface area (Å²) in [4.78, 5) is 26.8. The summed E-state index contributed by atoms with van der Waals surface area (Å²) in [7, 11) is 0. The molecule has 0 radical (unpaired) electrons. The Balaban J connectivity index is 2.01. The molecule has 1 saturated heterocycles. The van der Waals surface area contributed by atoms with Crippen molar-refractivity contribution < 1.29 is 9.59 Å². The van der Waals surface area contributed by atoms with Gasteiger partial charge >= 0.3 is 0 Å². The molecule has 0 N–H and O–H groups in total. The zero-order chi connectivity index (χ0) is 13.5. The first-order valence-electron chi connectivity index (χ1n) is 7.06. The molecule has 1 heterocycles. The number of hydrogen-bond donors (Lipinski definition) is 0. The molecule has 0 bridgehead atoms. The number of carbonyl (C=O) groups is 2. The van der Waals surface area contributed by atoms with Gasteiger partial charge in [-0.15, -0.1) is 0 Å². The van der Waals surface area contributed by atoms with Crippen molar-refractivity contribution in [3.63, 3.8) is 0 Å². The molecule has 2 amide bonds. The molecular weight excluding hydrogens is 226 g/mol. The predicted molar refractivity (Wildman–Crippen MR) is 68.6 cm³/mol. The van der Waals surface area contributed by atoms with Gasteiger partial charge in [-0.1, -0.05) is 34.6 Å². The van der Waals surface area contributed by atoms with E-state index in [0.717, 1.165) is 12.8 Å². The summed E-state index contributed by atoms with van der Waals surface area (Å²) in [5, 5.41) is 0. The van der Waals surface area contributed by atoms with Crippen LogP contribution >= 0.6 is 0 Å². The fourth-order valence-corrected chi connectivity index (χ4v) is 5.03. The molecule has 3 fully saturated rings. The van der Waals surface area contributed by atoms with Crippen molar-refractivity contribution in [3.8, 4) is 0 Å². The molecule has 2 aliphatic carbocycles. The summed E-state index contributed by atoms with van der Waals surface area (Å²) in [5.41, 5.74) is -0.274. The lowest BCUT2D eigenvalue weighted by Gasteiger charge is -2.53. The number of amides is 2. The van der Waals surface area contributed by atoms with E-state index in [-0.39, 0.29) is 34.0 Å². The summed E-state index contributed by atoms with van der Waals surface area (Å²) in [5.74, 6) is 0.612. The monoisotopic (exact) mass is 249 g/mol. The van der Waals surface area contributed by atoms with E-state index in [9.17, 15) is 9.59 Å². The quantitative estimate of drug-likeness (QED) is 0.705. The number of piperidine rings is 1. The number of likely N-dealkylation sites (tertiary alicyclic amines) is 1. The van der Waals surface area contributed by atoms with Crippen LogP contribution in [0.3, 0.4) is 0 Å². The van der Waals surface area contributed by atoms with Crippen molar-refractivity contribution in [2.24, 2.45) is 28.1 Å². The number of imide groups is 1. The third kappa shape index (κ3) is 0.960. The Morgan fingerprint density at radius 1 is 1.22 bits per heavy atom. The first-order valence-corrected chi connectivity index (χ1v) is 7.06. The third-order valence-corrected chi connectivity index (χ3v) is 6.06. The summed E-state index contributed by atoms with van der Waals surface area (Å²) in [6, 6.07) is 0. The second kappa shape index (κ2) is 3.00. The van der Waals surface area contributed by atoms with Gasteiger partial charge in [-0.2, -0.15) is 0 Å². The Labute approximate surface area is 109 Å². The molecule has 1 aliphatic heterocycles. The second-order valence-corrected chi connectivity index (χ2v) is 7.61. The fourth-order valence-electron chi connectivity index (χ4n) is 5.03. The van der Waals surface area contributed by atoms with Crippen molar-refractivity contribution in [1.82, 2.24) is 4.90 Å². The molecule has 100 valence electrons. The van der Waals surface area contributed by atoms with Crippen LogP contribution < -0.4 is 0 Å². The van der Waals surface area contributed by atoms with Crippen LogP contribution in [-0.4, -0.2) is 23.3 Å². The van der Waals surface area contributed by atoms with Crippen molar-refractivity contribution in [3.05, 3.63) is 0 Å². The SMILES string of the molecule is CC(C)CN1C(=O)C2C(C)(C)C23CCC3(C)C1=O. The van der Waals surface area contributed by atoms with Crippen LogP contribution in [0, 0.1) is 28.1 Å². The van der Waals surface area contributed by atoms with Crippen LogP contribution in [0.15, 0.2) is 0 Å². The largest absolute Gasteiger partial charge is 0.282 e. The van der Waals surface area contributed by atoms with Gasteiger partial charge in [0.1, 0.15) is 0 Å². The molecule has 3 nitrogen and oxygen atoms in total. The minimum atomic E-state index is -0.274. The normalized spacial score (nSPS) is 44.6. The average Bonchev–Trinajstić information content (AvgIpc) is 2.80. The fraction of sp³-hybridized carbons (Fsp3) is 0.867. The molecule has 0 aromatic heterocycles. The Kier molecular flexibility index (Phi) is 2.03. The maximum absolute atomic E-state index is 12.7. The van der Waals surface area contributed by atoms with Gasteiger partial charge in [-0.25, -0.2) is 0 Å². The number of nitrogens with zero attached hydrogens (tertiary/aromatic N) is 1. The van der Waals surface area contributed by atoms with E-state index in [4.69, 9.17) is 0 Å². The Hall–Kier alpha value is -0.860. The van der Waals surface area contributed by atoms with Crippen LogP contribution in [-0.2, 0) is 9.59 Å². The first-order chi connectivity index (χ1) is 8.20. The van der Waals surface area contributed by atoms with Gasteiger partial charge in [0.2, 0.25) is 11.8 Å². The lowest BCUT2D eigenvalue weighted by molar-refractivity contribution is -0.173. The number of carbonyl (C=O) groups excluding carboxylic acids is 2. The smallest absolute Gasteiger partial charge is 0.235 e. The van der Waals surface area contributed by atoms with Crippen molar-refractivity contribution >= 4 is 11.8 Å². The first kappa shape index (κ1) is 12.2. The van der Waals surface area contributed by atoms with Gasteiger partial charge in [-0.3, -0.25) is 14.5 Å². The second-order valence-electron chi connectivity index (χ2n) is 7.61. The van der Waals surface area contributed by atoms with Crippen LogP contribution in [0.2, 0.25) is 0 Å². The maximum atomic E-state index is 12.7. The van der Waals surface area contributed by atoms with Crippen molar-refractivity contribution in [2.75, 3.05) is 6.54 Å². The van der Waals surface area contributed by atoms with Gasteiger partial charge in [0.15, 0.2) is 0 Å². The van der Waals surface area contributed by atoms with Gasteiger partial charge in [0.05, 0.1) is 11.3 Å². The Morgan fingerprint density at radius 2 is 1.83 bits per heavy atom. The summed E-state index contributed by atoms with van der Waals surface area (Å²) >= 11 is 0. The molecule has 3 aliphatic rings. The van der Waals surface area contributed by atoms with Gasteiger partial charge in [0.25, 0.3) is 0 Å². The summed E-state index contributed by atoms with van der Waals surface area (Å²) in [6.07, 6.45) is 2.00. The molecule has 2 saturated carbocycles. The van der Waals surface area contributed by atoms with E-state index in [1.54, 1.807) is 4.90 Å². The molecule has 3 unspecified atom stereocenters. The van der Waals surface area contributed by atoms with Crippen molar-refractivity contribution in [1.29, 1.82) is 0 Å². The van der Waals surface area contributed by atoms with Gasteiger partial charge < -0.3 is 0 Å². The highest BCUT2D eigenvalue weighted by Gasteiger charge is 2.88. The van der Waals surface area contributed by atoms with Crippen LogP contribution in [0.5, 0.6) is 0 Å². The molecule has 0 aromatic carbocycles. The van der Waals surface area contributed by atoms with Gasteiger partial charge in [0, 0.05) is 12.0 Å². The minimum Gasteiger partial charge on any atom is -0.282 e. The van der Waals surface area contributed by atoms with Gasteiger partial charge in [-0.05, 0) is 24.2 Å². The topological polar surface area (TPSA) is 37.4 Å². The highest BCUT2D eigenvalue weighted by atomic mass is 16.2. The lowest BCUT2D eigenvalue weighted by atomic mass is 9.53. The summed E-state index contributed by atoms with van der Waals surface area (Å²) < 4.78 is 0. The van der Waals surface area contributed by atoms with E-state index >= 15 is 0 Å². The average molecular weight is 249 g/mol. The number of hydrogen-bond acceptors (Lipinski definition) is 2.